The van der Waals surface area contributed by atoms with E-state index >= 15 is 0 Å². The van der Waals surface area contributed by atoms with E-state index in [1.54, 1.807) is 7.11 Å². The number of hydrogen-bond donors (Lipinski definition) is 0. The summed E-state index contributed by atoms with van der Waals surface area (Å²) in [5.74, 6) is 1.36. The molecule has 1 aromatic rings. The molecule has 2 rings (SSSR count). The second-order valence-corrected chi connectivity index (χ2v) is 5.82. The average molecular weight is 383 g/mol. The molecule has 0 saturated carbocycles. The summed E-state index contributed by atoms with van der Waals surface area (Å²) >= 11 is 0. The number of amides is 1. The predicted molar refractivity (Wildman–Crippen MR) is 83.6 cm³/mol. The van der Waals surface area contributed by atoms with Crippen molar-refractivity contribution >= 4 is 5.91 Å². The van der Waals surface area contributed by atoms with Crippen LogP contribution in [0.3, 0.4) is 0 Å². The van der Waals surface area contributed by atoms with Gasteiger partial charge in [-0.15, -0.1) is 0 Å². The Balaban J connectivity index is -0.000000626. The molecule has 0 bridgehead atoms. The fraction of sp³-hybridized carbons (Fsp3) is 0.444. The van der Waals surface area contributed by atoms with Crippen molar-refractivity contribution in [3.63, 3.8) is 0 Å². The second-order valence-electron chi connectivity index (χ2n) is 5.82. The third-order valence-electron chi connectivity index (χ3n) is 3.51. The molecule has 1 amide bonds. The van der Waals surface area contributed by atoms with Gasteiger partial charge in [-0.05, 0) is 32.4 Å². The first-order chi connectivity index (χ1) is 11.4. The molecule has 0 radical (unpaired) electrons. The van der Waals surface area contributed by atoms with Gasteiger partial charge in [-0.3, -0.25) is 4.79 Å². The zero-order chi connectivity index (χ0) is 19.3. The van der Waals surface area contributed by atoms with Gasteiger partial charge in [0, 0.05) is 41.8 Å². The van der Waals surface area contributed by atoms with E-state index in [-0.39, 0.29) is 34.7 Å². The van der Waals surface area contributed by atoms with Crippen molar-refractivity contribution in [1.29, 1.82) is 0 Å². The second kappa shape index (κ2) is 14.6. The first-order valence-electron chi connectivity index (χ1n) is 6.98. The number of carbonyl (C=O) groups excluding carboxylic acids is 1. The Hall–Kier alpha value is -1.76. The van der Waals surface area contributed by atoms with Gasteiger partial charge in [-0.25, -0.2) is 0 Å². The zero-order valence-electron chi connectivity index (χ0n) is 14.7. The van der Waals surface area contributed by atoms with Crippen molar-refractivity contribution in [1.82, 2.24) is 4.90 Å². The quantitative estimate of drug-likeness (QED) is 0.580. The molecule has 1 aromatic carbocycles. The number of carbonyl (C=O) groups is 1. The van der Waals surface area contributed by atoms with Gasteiger partial charge in [-0.1, -0.05) is 18.2 Å². The van der Waals surface area contributed by atoms with Gasteiger partial charge >= 0.3 is 33.9 Å². The monoisotopic (exact) mass is 383 g/mol. The van der Waals surface area contributed by atoms with Crippen molar-refractivity contribution in [3.05, 3.63) is 49.8 Å². The maximum absolute atomic E-state index is 12.1. The summed E-state index contributed by atoms with van der Waals surface area (Å²) in [7, 11) is 1.68. The first-order valence-corrected chi connectivity index (χ1v) is 6.98. The largest absolute Gasteiger partial charge is 0 e. The fourth-order valence-corrected chi connectivity index (χ4v) is 2.57. The van der Waals surface area contributed by atoms with Crippen molar-refractivity contribution in [3.8, 4) is 5.75 Å². The number of ether oxygens (including phenoxy) is 1. The summed E-state index contributed by atoms with van der Waals surface area (Å²) in [6.45, 7) is 20.5. The minimum Gasteiger partial charge on any atom is 0 e. The topological polar surface area (TPSA) is 89.2 Å². The van der Waals surface area contributed by atoms with Crippen LogP contribution in [-0.2, 0) is 36.1 Å². The molecule has 25 heavy (non-hydrogen) atoms. The SMILES string of the molecule is COc1ccccc1C1CC(=O)N(C(C)(C)C)C1.[C-]#[O+].[C-]#[O+].[C-]#[O+].[Cr]. The number of methoxy groups -OCH3 is 1. The zero-order valence-corrected chi connectivity index (χ0v) is 16.0. The third kappa shape index (κ3) is 8.25. The molecule has 1 saturated heterocycles. The van der Waals surface area contributed by atoms with Crippen molar-refractivity contribution in [2.45, 2.75) is 38.6 Å². The predicted octanol–water partition coefficient (Wildman–Crippen LogP) is 2.69. The van der Waals surface area contributed by atoms with E-state index in [1.807, 2.05) is 23.1 Å². The molecule has 1 atom stereocenters. The molecular formula is C18H21CrNO5. The number of hydrogen-bond acceptors (Lipinski definition) is 2. The van der Waals surface area contributed by atoms with Gasteiger partial charge in [0.05, 0.1) is 7.11 Å². The average Bonchev–Trinajstić information content (AvgIpc) is 3.02. The molecule has 1 aliphatic rings. The van der Waals surface area contributed by atoms with Gasteiger partial charge in [0.15, 0.2) is 0 Å². The van der Waals surface area contributed by atoms with E-state index in [2.05, 4.69) is 46.8 Å². The Bertz CT molecular complexity index is 561. The van der Waals surface area contributed by atoms with Gasteiger partial charge < -0.3 is 9.64 Å². The minimum atomic E-state index is -0.103. The number of para-hydroxylation sites is 1. The molecule has 7 heteroatoms. The van der Waals surface area contributed by atoms with Gasteiger partial charge in [0.1, 0.15) is 5.75 Å². The van der Waals surface area contributed by atoms with Crippen LogP contribution in [0.2, 0.25) is 0 Å². The molecule has 134 valence electrons. The van der Waals surface area contributed by atoms with Crippen LogP contribution in [0.25, 0.3) is 0 Å². The van der Waals surface area contributed by atoms with E-state index in [9.17, 15) is 4.79 Å². The summed E-state index contributed by atoms with van der Waals surface area (Å²) < 4.78 is 27.9. The molecule has 1 aliphatic heterocycles. The maximum atomic E-state index is 12.1. The summed E-state index contributed by atoms with van der Waals surface area (Å²) in [5.41, 5.74) is 1.04. The van der Waals surface area contributed by atoms with E-state index in [0.717, 1.165) is 17.9 Å². The Labute approximate surface area is 159 Å². The summed E-state index contributed by atoms with van der Waals surface area (Å²) in [4.78, 5) is 14.1. The standard InChI is InChI=1S/C15H21NO2.3CO.Cr/c1-15(2,3)16-10-11(9-14(16)17)12-7-5-6-8-13(12)18-4;3*1-2;/h5-8,11H,9-10H2,1-4H3;;;;. The Morgan fingerprint density at radius 2 is 1.56 bits per heavy atom. The van der Waals surface area contributed by atoms with Crippen LogP contribution in [0.5, 0.6) is 5.75 Å². The van der Waals surface area contributed by atoms with Crippen LogP contribution in [0.15, 0.2) is 24.3 Å². The summed E-state index contributed by atoms with van der Waals surface area (Å²) in [5, 5.41) is 0. The normalized spacial score (nSPS) is 14.9. The molecule has 1 fully saturated rings. The Morgan fingerprint density at radius 1 is 1.08 bits per heavy atom. The van der Waals surface area contributed by atoms with E-state index in [4.69, 9.17) is 18.7 Å². The van der Waals surface area contributed by atoms with Crippen LogP contribution in [0.4, 0.5) is 0 Å². The number of rotatable bonds is 2. The Morgan fingerprint density at radius 3 is 1.96 bits per heavy atom. The molecular weight excluding hydrogens is 362 g/mol. The van der Waals surface area contributed by atoms with E-state index < -0.39 is 0 Å². The van der Waals surface area contributed by atoms with Crippen LogP contribution in [0.1, 0.15) is 38.7 Å². The molecule has 0 spiro atoms. The van der Waals surface area contributed by atoms with Crippen molar-refractivity contribution < 1.29 is 40.8 Å². The van der Waals surface area contributed by atoms with Crippen molar-refractivity contribution in [2.24, 2.45) is 0 Å². The summed E-state index contributed by atoms with van der Waals surface area (Å²) in [6.07, 6.45) is 0.581. The van der Waals surface area contributed by atoms with Crippen LogP contribution < -0.4 is 4.74 Å². The molecule has 6 nitrogen and oxygen atoms in total. The first kappa shape index (κ1) is 28.1. The van der Waals surface area contributed by atoms with E-state index in [0.29, 0.717) is 6.42 Å². The van der Waals surface area contributed by atoms with Gasteiger partial charge in [0.25, 0.3) is 0 Å². The van der Waals surface area contributed by atoms with Crippen LogP contribution in [-0.4, -0.2) is 30.0 Å². The smallest absolute Gasteiger partial charge is 0 e. The third-order valence-corrected chi connectivity index (χ3v) is 3.51. The van der Waals surface area contributed by atoms with Gasteiger partial charge in [-0.2, -0.15) is 0 Å². The Kier molecular flexibility index (Phi) is 16.4. The van der Waals surface area contributed by atoms with E-state index in [1.165, 1.54) is 0 Å². The number of benzene rings is 1. The number of nitrogens with zero attached hydrogens (tertiary/aromatic N) is 1. The molecule has 0 aromatic heterocycles. The fourth-order valence-electron chi connectivity index (χ4n) is 2.57. The van der Waals surface area contributed by atoms with Crippen LogP contribution in [0, 0.1) is 20.0 Å². The van der Waals surface area contributed by atoms with Crippen molar-refractivity contribution in [2.75, 3.05) is 13.7 Å². The molecule has 1 unspecified atom stereocenters. The molecule has 0 N–H and O–H groups in total. The maximum Gasteiger partial charge on any atom is 0 e. The number of likely N-dealkylation sites (tertiary alicyclic amines) is 1. The minimum absolute atomic E-state index is 0. The molecule has 0 aliphatic carbocycles. The van der Waals surface area contributed by atoms with Crippen LogP contribution >= 0.6 is 0 Å². The molecule has 1 heterocycles. The van der Waals surface area contributed by atoms with Gasteiger partial charge in [0.2, 0.25) is 5.91 Å². The summed E-state index contributed by atoms with van der Waals surface area (Å²) in [6, 6.07) is 7.98.